The van der Waals surface area contributed by atoms with Crippen molar-refractivity contribution in [1.82, 2.24) is 19.6 Å². The van der Waals surface area contributed by atoms with Crippen LogP contribution in [0.5, 0.6) is 11.5 Å². The first-order valence-electron chi connectivity index (χ1n) is 9.00. The van der Waals surface area contributed by atoms with E-state index in [1.54, 1.807) is 31.9 Å². The van der Waals surface area contributed by atoms with Crippen LogP contribution >= 0.6 is 11.3 Å². The normalized spacial score (nSPS) is 15.7. The van der Waals surface area contributed by atoms with Gasteiger partial charge in [-0.25, -0.2) is 4.98 Å². The van der Waals surface area contributed by atoms with Gasteiger partial charge in [-0.1, -0.05) is 0 Å². The lowest BCUT2D eigenvalue weighted by atomic mass is 9.94. The summed E-state index contributed by atoms with van der Waals surface area (Å²) in [5.74, 6) is 2.10. The molecule has 1 aromatic carbocycles. The van der Waals surface area contributed by atoms with Crippen molar-refractivity contribution in [3.05, 3.63) is 35.0 Å². The van der Waals surface area contributed by atoms with E-state index >= 15 is 0 Å². The summed E-state index contributed by atoms with van der Waals surface area (Å²) >= 11 is 1.68. The van der Waals surface area contributed by atoms with Crippen molar-refractivity contribution < 1.29 is 14.2 Å². The highest BCUT2D eigenvalue weighted by atomic mass is 32.1. The van der Waals surface area contributed by atoms with Gasteiger partial charge in [-0.05, 0) is 31.5 Å². The molecule has 7 nitrogen and oxygen atoms in total. The minimum absolute atomic E-state index is 0.198. The molecule has 0 saturated carbocycles. The third-order valence-corrected chi connectivity index (χ3v) is 6.20. The van der Waals surface area contributed by atoms with Crippen molar-refractivity contribution in [2.24, 2.45) is 0 Å². The van der Waals surface area contributed by atoms with Gasteiger partial charge in [-0.3, -0.25) is 4.40 Å². The number of hydrogen-bond donors (Lipinski definition) is 0. The molecule has 0 fully saturated rings. The highest BCUT2D eigenvalue weighted by molar-refractivity contribution is 7.19. The van der Waals surface area contributed by atoms with Crippen LogP contribution in [0.2, 0.25) is 0 Å². The third-order valence-electron chi connectivity index (χ3n) is 5.09. The smallest absolute Gasteiger partial charge is 0.172 e. The van der Waals surface area contributed by atoms with Gasteiger partial charge in [-0.15, -0.1) is 21.5 Å². The Morgan fingerprint density at radius 3 is 2.57 bits per heavy atom. The molecule has 8 heteroatoms. The highest BCUT2D eigenvalue weighted by Crippen LogP contribution is 2.40. The van der Waals surface area contributed by atoms with Crippen molar-refractivity contribution in [3.63, 3.8) is 0 Å². The van der Waals surface area contributed by atoms with Crippen LogP contribution in [0.15, 0.2) is 24.5 Å². The lowest BCUT2D eigenvalue weighted by molar-refractivity contribution is -0.0379. The zero-order valence-electron chi connectivity index (χ0n) is 16.1. The first-order chi connectivity index (χ1) is 13.5. The van der Waals surface area contributed by atoms with Crippen molar-refractivity contribution in [1.29, 1.82) is 0 Å². The molecule has 0 atom stereocenters. The highest BCUT2D eigenvalue weighted by Gasteiger charge is 2.31. The summed E-state index contributed by atoms with van der Waals surface area (Å²) in [6.07, 6.45) is 2.62. The van der Waals surface area contributed by atoms with Crippen LogP contribution in [0.3, 0.4) is 0 Å². The Morgan fingerprint density at radius 2 is 1.86 bits per heavy atom. The fraction of sp³-hybridized carbons (Fsp3) is 0.350. The van der Waals surface area contributed by atoms with Gasteiger partial charge in [0, 0.05) is 22.9 Å². The molecule has 4 heterocycles. The van der Waals surface area contributed by atoms with Crippen LogP contribution in [0, 0.1) is 0 Å². The van der Waals surface area contributed by atoms with E-state index in [0.717, 1.165) is 27.8 Å². The number of benzene rings is 1. The number of nitrogens with zero attached hydrogens (tertiary/aromatic N) is 4. The molecule has 4 aromatic rings. The van der Waals surface area contributed by atoms with Crippen molar-refractivity contribution >= 4 is 27.2 Å². The van der Waals surface area contributed by atoms with Gasteiger partial charge >= 0.3 is 0 Å². The maximum atomic E-state index is 5.97. The summed E-state index contributed by atoms with van der Waals surface area (Å²) in [6.45, 7) is 4.85. The number of rotatable bonds is 3. The van der Waals surface area contributed by atoms with E-state index in [0.29, 0.717) is 23.9 Å². The SMILES string of the molecule is COc1cc(OC)cc(-c2nnc3c4c5c(sc4ncn23)COC(C)(C)C5)c1. The predicted molar refractivity (Wildman–Crippen MR) is 107 cm³/mol. The van der Waals surface area contributed by atoms with Crippen molar-refractivity contribution in [2.45, 2.75) is 32.5 Å². The third kappa shape index (κ3) is 2.63. The zero-order valence-corrected chi connectivity index (χ0v) is 17.0. The van der Waals surface area contributed by atoms with Gasteiger partial charge < -0.3 is 14.2 Å². The minimum atomic E-state index is -0.198. The standard InChI is InChI=1S/C20H20N4O3S/c1-20(2)8-14-15(9-27-20)28-19-16(14)18-23-22-17(24(18)10-21-19)11-5-12(25-3)7-13(6-11)26-4/h5-7,10H,8-9H2,1-4H3. The van der Waals surface area contributed by atoms with Crippen LogP contribution < -0.4 is 9.47 Å². The number of fused-ring (bicyclic) bond motifs is 5. The molecule has 1 aliphatic rings. The summed E-state index contributed by atoms with van der Waals surface area (Å²) < 4.78 is 18.7. The maximum absolute atomic E-state index is 5.97. The molecule has 5 rings (SSSR count). The van der Waals surface area contributed by atoms with Gasteiger partial charge in [0.2, 0.25) is 0 Å². The molecule has 3 aromatic heterocycles. The Balaban J connectivity index is 1.74. The van der Waals surface area contributed by atoms with Gasteiger partial charge in [0.25, 0.3) is 0 Å². The van der Waals surface area contributed by atoms with Crippen LogP contribution in [0.25, 0.3) is 27.3 Å². The Hall–Kier alpha value is -2.71. The van der Waals surface area contributed by atoms with Crippen LogP contribution in [-0.2, 0) is 17.8 Å². The molecule has 0 unspecified atom stereocenters. The van der Waals surface area contributed by atoms with E-state index in [2.05, 4.69) is 29.0 Å². The number of methoxy groups -OCH3 is 2. The summed E-state index contributed by atoms with van der Waals surface area (Å²) in [4.78, 5) is 6.89. The van der Waals surface area contributed by atoms with E-state index in [-0.39, 0.29) is 5.60 Å². The van der Waals surface area contributed by atoms with Crippen LogP contribution in [-0.4, -0.2) is 39.4 Å². The first kappa shape index (κ1) is 17.4. The van der Waals surface area contributed by atoms with E-state index in [1.807, 2.05) is 22.6 Å². The number of hydrogen-bond acceptors (Lipinski definition) is 7. The monoisotopic (exact) mass is 396 g/mol. The first-order valence-corrected chi connectivity index (χ1v) is 9.82. The predicted octanol–water partition coefficient (Wildman–Crippen LogP) is 3.87. The van der Waals surface area contributed by atoms with E-state index in [1.165, 1.54) is 10.4 Å². The molecule has 0 bridgehead atoms. The lowest BCUT2D eigenvalue weighted by Crippen LogP contribution is -2.31. The zero-order chi connectivity index (χ0) is 19.5. The number of ether oxygens (including phenoxy) is 3. The Morgan fingerprint density at radius 1 is 1.11 bits per heavy atom. The summed E-state index contributed by atoms with van der Waals surface area (Å²) in [5.41, 5.74) is 2.75. The second-order valence-electron chi connectivity index (χ2n) is 7.47. The summed E-state index contributed by atoms with van der Waals surface area (Å²) in [6, 6.07) is 5.67. The molecular weight excluding hydrogens is 376 g/mol. The molecule has 0 N–H and O–H groups in total. The fourth-order valence-electron chi connectivity index (χ4n) is 3.68. The van der Waals surface area contributed by atoms with Gasteiger partial charge in [0.05, 0.1) is 31.8 Å². The van der Waals surface area contributed by atoms with Gasteiger partial charge in [0.15, 0.2) is 11.5 Å². The molecule has 1 aliphatic heterocycles. The van der Waals surface area contributed by atoms with Crippen LogP contribution in [0.1, 0.15) is 24.3 Å². The molecule has 0 radical (unpaired) electrons. The molecule has 0 amide bonds. The molecule has 0 spiro atoms. The molecular formula is C20H20N4O3S. The Kier molecular flexibility index (Phi) is 3.82. The van der Waals surface area contributed by atoms with Crippen LogP contribution in [0.4, 0.5) is 0 Å². The van der Waals surface area contributed by atoms with E-state index in [4.69, 9.17) is 14.2 Å². The topological polar surface area (TPSA) is 70.8 Å². The Labute approximate surface area is 165 Å². The number of thiophene rings is 1. The molecule has 28 heavy (non-hydrogen) atoms. The largest absolute Gasteiger partial charge is 0.497 e. The number of aromatic nitrogens is 4. The van der Waals surface area contributed by atoms with Gasteiger partial charge in [-0.2, -0.15) is 0 Å². The summed E-state index contributed by atoms with van der Waals surface area (Å²) in [7, 11) is 3.26. The Bertz CT molecular complexity index is 1190. The fourth-order valence-corrected chi connectivity index (χ4v) is 4.74. The minimum Gasteiger partial charge on any atom is -0.497 e. The summed E-state index contributed by atoms with van der Waals surface area (Å²) in [5, 5.41) is 10.1. The average Bonchev–Trinajstić information content (AvgIpc) is 3.27. The molecule has 144 valence electrons. The van der Waals surface area contributed by atoms with E-state index < -0.39 is 0 Å². The average molecular weight is 396 g/mol. The van der Waals surface area contributed by atoms with Crippen molar-refractivity contribution in [3.8, 4) is 22.9 Å². The quantitative estimate of drug-likeness (QED) is 0.523. The molecule has 0 aliphatic carbocycles. The second-order valence-corrected chi connectivity index (χ2v) is 8.56. The molecule has 0 saturated heterocycles. The lowest BCUT2D eigenvalue weighted by Gasteiger charge is -2.30. The van der Waals surface area contributed by atoms with Crippen molar-refractivity contribution in [2.75, 3.05) is 14.2 Å². The van der Waals surface area contributed by atoms with Gasteiger partial charge in [0.1, 0.15) is 22.7 Å². The van der Waals surface area contributed by atoms with E-state index in [9.17, 15) is 0 Å². The maximum Gasteiger partial charge on any atom is 0.172 e. The second kappa shape index (κ2) is 6.15.